The van der Waals surface area contributed by atoms with E-state index in [-0.39, 0.29) is 23.9 Å². The van der Waals surface area contributed by atoms with Crippen molar-refractivity contribution in [1.29, 1.82) is 0 Å². The molecule has 148 valence electrons. The van der Waals surface area contributed by atoms with Crippen molar-refractivity contribution < 1.29 is 14.3 Å². The molecule has 0 radical (unpaired) electrons. The van der Waals surface area contributed by atoms with Gasteiger partial charge in [0.25, 0.3) is 5.78 Å². The molecular weight excluding hydrogens is 378 g/mol. The zero-order valence-electron chi connectivity index (χ0n) is 16.6. The van der Waals surface area contributed by atoms with Crippen molar-refractivity contribution in [3.05, 3.63) is 40.5 Å². The molecule has 0 saturated heterocycles. The number of carbonyl (C=O) groups excluding carboxylic acids is 2. The van der Waals surface area contributed by atoms with E-state index in [4.69, 9.17) is 4.74 Å². The molecule has 0 aliphatic heterocycles. The first-order valence-corrected chi connectivity index (χ1v) is 9.89. The Bertz CT molecular complexity index is 1050. The number of rotatable bonds is 7. The van der Waals surface area contributed by atoms with E-state index < -0.39 is 0 Å². The summed E-state index contributed by atoms with van der Waals surface area (Å²) in [5.41, 5.74) is 4.31. The zero-order valence-corrected chi connectivity index (χ0v) is 17.5. The lowest BCUT2D eigenvalue weighted by atomic mass is 10.2. The first-order chi connectivity index (χ1) is 13.3. The Hall–Kier alpha value is -2.68. The van der Waals surface area contributed by atoms with Crippen molar-refractivity contribution >= 4 is 29.3 Å². The Kier molecular flexibility index (Phi) is 5.83. The molecule has 0 fully saturated rings. The van der Waals surface area contributed by atoms with E-state index in [1.807, 2.05) is 48.8 Å². The van der Waals surface area contributed by atoms with Gasteiger partial charge in [-0.3, -0.25) is 14.0 Å². The summed E-state index contributed by atoms with van der Waals surface area (Å²) in [5.74, 6) is 0.522. The minimum Gasteiger partial charge on any atom is -0.469 e. The van der Waals surface area contributed by atoms with Gasteiger partial charge in [0.1, 0.15) is 0 Å². The van der Waals surface area contributed by atoms with E-state index in [1.165, 1.54) is 18.9 Å². The van der Waals surface area contributed by atoms with Gasteiger partial charge in [-0.25, -0.2) is 4.98 Å². The number of ether oxygens (including phenoxy) is 1. The van der Waals surface area contributed by atoms with E-state index in [1.54, 1.807) is 0 Å². The number of carbonyl (C=O) groups is 2. The van der Waals surface area contributed by atoms with Crippen LogP contribution in [0, 0.1) is 27.7 Å². The van der Waals surface area contributed by atoms with Gasteiger partial charge in [-0.1, -0.05) is 11.8 Å². The maximum atomic E-state index is 12.8. The van der Waals surface area contributed by atoms with E-state index >= 15 is 0 Å². The second-order valence-electron chi connectivity index (χ2n) is 6.63. The molecule has 0 aliphatic rings. The summed E-state index contributed by atoms with van der Waals surface area (Å²) in [6.07, 6.45) is 0.271. The van der Waals surface area contributed by atoms with Gasteiger partial charge >= 0.3 is 5.97 Å². The Morgan fingerprint density at radius 1 is 1.11 bits per heavy atom. The maximum Gasteiger partial charge on any atom is 0.307 e. The summed E-state index contributed by atoms with van der Waals surface area (Å²) >= 11 is 1.34. The molecule has 0 bridgehead atoms. The highest BCUT2D eigenvalue weighted by molar-refractivity contribution is 7.99. The van der Waals surface area contributed by atoms with Crippen LogP contribution in [0.15, 0.2) is 17.3 Å². The predicted molar refractivity (Wildman–Crippen MR) is 106 cm³/mol. The predicted octanol–water partition coefficient (Wildman–Crippen LogP) is 2.70. The van der Waals surface area contributed by atoms with Crippen molar-refractivity contribution in [3.63, 3.8) is 0 Å². The van der Waals surface area contributed by atoms with Crippen LogP contribution >= 0.6 is 11.8 Å². The van der Waals surface area contributed by atoms with Crippen molar-refractivity contribution in [2.75, 3.05) is 12.9 Å². The molecule has 3 aromatic rings. The quantitative estimate of drug-likeness (QED) is 0.341. The Morgan fingerprint density at radius 3 is 2.57 bits per heavy atom. The number of aromatic nitrogens is 5. The molecule has 0 atom stereocenters. The van der Waals surface area contributed by atoms with Crippen LogP contribution in [-0.2, 0) is 16.1 Å². The second kappa shape index (κ2) is 8.14. The molecule has 9 heteroatoms. The number of fused-ring (bicyclic) bond motifs is 1. The van der Waals surface area contributed by atoms with Gasteiger partial charge in [-0.15, -0.1) is 10.2 Å². The molecule has 0 aliphatic carbocycles. The van der Waals surface area contributed by atoms with Crippen molar-refractivity contribution in [3.8, 4) is 0 Å². The van der Waals surface area contributed by atoms with Crippen molar-refractivity contribution in [1.82, 2.24) is 24.1 Å². The molecule has 8 nitrogen and oxygen atoms in total. The van der Waals surface area contributed by atoms with Crippen LogP contribution in [0.4, 0.5) is 0 Å². The first-order valence-electron chi connectivity index (χ1n) is 8.90. The van der Waals surface area contributed by atoms with E-state index in [0.717, 1.165) is 22.8 Å². The third-order valence-corrected chi connectivity index (χ3v) is 5.57. The summed E-state index contributed by atoms with van der Waals surface area (Å²) in [6.45, 7) is 8.19. The Balaban J connectivity index is 1.75. The van der Waals surface area contributed by atoms with Crippen molar-refractivity contribution in [2.45, 2.75) is 45.8 Å². The fourth-order valence-corrected chi connectivity index (χ4v) is 4.10. The average molecular weight is 401 g/mol. The number of hydrogen-bond donors (Lipinski definition) is 0. The molecule has 0 saturated carbocycles. The normalized spacial score (nSPS) is 11.2. The number of esters is 1. The van der Waals surface area contributed by atoms with Gasteiger partial charge in [0.2, 0.25) is 0 Å². The number of Topliss-reactive ketones (excluding diaryl/α,β-unsaturated/α-hetero) is 1. The van der Waals surface area contributed by atoms with Crippen LogP contribution in [0.5, 0.6) is 0 Å². The van der Waals surface area contributed by atoms with Crippen LogP contribution in [0.2, 0.25) is 0 Å². The summed E-state index contributed by atoms with van der Waals surface area (Å²) in [7, 11) is 1.37. The molecule has 3 aromatic heterocycles. The summed E-state index contributed by atoms with van der Waals surface area (Å²) in [6, 6.07) is 3.82. The molecule has 28 heavy (non-hydrogen) atoms. The van der Waals surface area contributed by atoms with Crippen molar-refractivity contribution in [2.24, 2.45) is 0 Å². The molecule has 3 rings (SSSR count). The van der Waals surface area contributed by atoms with Crippen LogP contribution in [-0.4, -0.2) is 48.8 Å². The highest BCUT2D eigenvalue weighted by Crippen LogP contribution is 2.22. The summed E-state index contributed by atoms with van der Waals surface area (Å²) in [5, 5.41) is 8.91. The Morgan fingerprint density at radius 2 is 1.86 bits per heavy atom. The Labute approximate surface area is 167 Å². The topological polar surface area (TPSA) is 91.4 Å². The third kappa shape index (κ3) is 3.94. The average Bonchev–Trinajstić information content (AvgIpc) is 3.18. The minimum absolute atomic E-state index is 0.0110. The van der Waals surface area contributed by atoms with E-state index in [2.05, 4.69) is 15.2 Å². The third-order valence-electron chi connectivity index (χ3n) is 4.64. The SMILES string of the molecule is COC(=O)CCn1c(C)cc(C(=O)CSc2nnc3nc(C)cc(C)n23)c1C. The monoisotopic (exact) mass is 401 g/mol. The van der Waals surface area contributed by atoms with E-state index in [0.29, 0.717) is 23.0 Å². The summed E-state index contributed by atoms with van der Waals surface area (Å²) < 4.78 is 8.52. The van der Waals surface area contributed by atoms with Crippen LogP contribution in [0.3, 0.4) is 0 Å². The van der Waals surface area contributed by atoms with Gasteiger partial charge in [-0.2, -0.15) is 0 Å². The minimum atomic E-state index is -0.270. The molecule has 0 N–H and O–H groups in total. The molecular formula is C19H23N5O3S. The number of methoxy groups -OCH3 is 1. The molecule has 0 spiro atoms. The van der Waals surface area contributed by atoms with Crippen LogP contribution < -0.4 is 0 Å². The van der Waals surface area contributed by atoms with Gasteiger partial charge in [0, 0.05) is 34.9 Å². The molecule has 3 heterocycles. The highest BCUT2D eigenvalue weighted by Gasteiger charge is 2.18. The second-order valence-corrected chi connectivity index (χ2v) is 7.57. The van der Waals surface area contributed by atoms with Gasteiger partial charge in [-0.05, 0) is 39.8 Å². The van der Waals surface area contributed by atoms with Crippen LogP contribution in [0.1, 0.15) is 39.6 Å². The summed E-state index contributed by atoms with van der Waals surface area (Å²) in [4.78, 5) is 28.6. The lowest BCUT2D eigenvalue weighted by Crippen LogP contribution is -2.11. The smallest absolute Gasteiger partial charge is 0.307 e. The molecule has 0 unspecified atom stereocenters. The highest BCUT2D eigenvalue weighted by atomic mass is 32.2. The number of hydrogen-bond acceptors (Lipinski definition) is 7. The number of nitrogens with zero attached hydrogens (tertiary/aromatic N) is 5. The fraction of sp³-hybridized carbons (Fsp3) is 0.421. The fourth-order valence-electron chi connectivity index (χ4n) is 3.23. The van der Waals surface area contributed by atoms with Crippen LogP contribution in [0.25, 0.3) is 5.78 Å². The van der Waals surface area contributed by atoms with Gasteiger partial charge in [0.15, 0.2) is 10.9 Å². The van der Waals surface area contributed by atoms with Gasteiger partial charge < -0.3 is 9.30 Å². The zero-order chi connectivity index (χ0) is 20.4. The number of thioether (sulfide) groups is 1. The lowest BCUT2D eigenvalue weighted by Gasteiger charge is -2.09. The molecule has 0 aromatic carbocycles. The lowest BCUT2D eigenvalue weighted by molar-refractivity contribution is -0.140. The largest absolute Gasteiger partial charge is 0.469 e. The maximum absolute atomic E-state index is 12.8. The standard InChI is InChI=1S/C19H23N5O3S/c1-11-8-13(3)24-18(20-11)21-22-19(24)28-10-16(25)15-9-12(2)23(14(15)4)7-6-17(26)27-5/h8-9H,6-7,10H2,1-5H3. The number of ketones is 1. The first kappa shape index (κ1) is 20.1. The number of aryl methyl sites for hydroxylation is 3. The van der Waals surface area contributed by atoms with E-state index in [9.17, 15) is 9.59 Å². The van der Waals surface area contributed by atoms with Gasteiger partial charge in [0.05, 0.1) is 19.3 Å². The molecule has 0 amide bonds.